The largest absolute Gasteiger partial charge is 0.327 e. The standard InChI is InChI=1S/C15H31N/c1-4-5-6-7-8-9-12-15(16)13-10-11-14(2)3/h10-11,14-15H,4-9,12-13,16H2,1-3H3/b11-10+/t15-/m0/s1. The average molecular weight is 225 g/mol. The summed E-state index contributed by atoms with van der Waals surface area (Å²) in [5.41, 5.74) is 6.05. The van der Waals surface area contributed by atoms with E-state index in [9.17, 15) is 0 Å². The summed E-state index contributed by atoms with van der Waals surface area (Å²) >= 11 is 0. The first kappa shape index (κ1) is 15.7. The second-order valence-electron chi connectivity index (χ2n) is 5.22. The minimum Gasteiger partial charge on any atom is -0.327 e. The van der Waals surface area contributed by atoms with E-state index in [4.69, 9.17) is 5.73 Å². The lowest BCUT2D eigenvalue weighted by atomic mass is 10.0. The molecule has 0 amide bonds. The molecule has 0 heterocycles. The van der Waals surface area contributed by atoms with E-state index >= 15 is 0 Å². The van der Waals surface area contributed by atoms with E-state index in [0.717, 1.165) is 6.42 Å². The average Bonchev–Trinajstić information content (AvgIpc) is 2.22. The van der Waals surface area contributed by atoms with Crippen LogP contribution >= 0.6 is 0 Å². The molecular formula is C15H31N. The maximum atomic E-state index is 6.05. The van der Waals surface area contributed by atoms with E-state index < -0.39 is 0 Å². The molecule has 1 nitrogen and oxygen atoms in total. The van der Waals surface area contributed by atoms with E-state index in [2.05, 4.69) is 32.9 Å². The Morgan fingerprint density at radius 3 is 2.25 bits per heavy atom. The Labute approximate surface area is 102 Å². The Morgan fingerprint density at radius 2 is 1.62 bits per heavy atom. The van der Waals surface area contributed by atoms with Crippen molar-refractivity contribution in [2.24, 2.45) is 11.7 Å². The van der Waals surface area contributed by atoms with Gasteiger partial charge in [0.1, 0.15) is 0 Å². The number of allylic oxidation sites excluding steroid dienone is 1. The van der Waals surface area contributed by atoms with Crippen molar-refractivity contribution in [3.8, 4) is 0 Å². The molecule has 0 saturated carbocycles. The molecule has 1 heteroatoms. The van der Waals surface area contributed by atoms with Crippen LogP contribution < -0.4 is 5.73 Å². The fourth-order valence-electron chi connectivity index (χ4n) is 1.83. The summed E-state index contributed by atoms with van der Waals surface area (Å²) in [5.74, 6) is 0.654. The van der Waals surface area contributed by atoms with Gasteiger partial charge in [-0.15, -0.1) is 0 Å². The van der Waals surface area contributed by atoms with E-state index in [1.54, 1.807) is 0 Å². The van der Waals surface area contributed by atoms with Crippen molar-refractivity contribution < 1.29 is 0 Å². The first-order valence-corrected chi connectivity index (χ1v) is 7.09. The molecule has 0 spiro atoms. The Kier molecular flexibility index (Phi) is 11.0. The van der Waals surface area contributed by atoms with Crippen molar-refractivity contribution in [3.63, 3.8) is 0 Å². The monoisotopic (exact) mass is 225 g/mol. The molecule has 0 fully saturated rings. The van der Waals surface area contributed by atoms with E-state index in [-0.39, 0.29) is 0 Å². The van der Waals surface area contributed by atoms with Gasteiger partial charge in [0, 0.05) is 6.04 Å². The van der Waals surface area contributed by atoms with E-state index in [1.165, 1.54) is 44.9 Å². The Morgan fingerprint density at radius 1 is 1.00 bits per heavy atom. The molecule has 16 heavy (non-hydrogen) atoms. The van der Waals surface area contributed by atoms with Crippen molar-refractivity contribution in [1.29, 1.82) is 0 Å². The van der Waals surface area contributed by atoms with Crippen LogP contribution in [0, 0.1) is 5.92 Å². The second-order valence-corrected chi connectivity index (χ2v) is 5.22. The molecule has 0 saturated heterocycles. The number of unbranched alkanes of at least 4 members (excludes halogenated alkanes) is 5. The third kappa shape index (κ3) is 11.8. The van der Waals surface area contributed by atoms with E-state index in [1.807, 2.05) is 0 Å². The summed E-state index contributed by atoms with van der Waals surface area (Å²) in [5, 5.41) is 0. The summed E-state index contributed by atoms with van der Waals surface area (Å²) < 4.78 is 0. The molecule has 1 atom stereocenters. The van der Waals surface area contributed by atoms with E-state index in [0.29, 0.717) is 12.0 Å². The lowest BCUT2D eigenvalue weighted by molar-refractivity contribution is 0.536. The SMILES string of the molecule is CCCCCCCC[C@H](N)C/C=C/C(C)C. The maximum Gasteiger partial charge on any atom is 0.00734 e. The number of rotatable bonds is 10. The van der Waals surface area contributed by atoms with Gasteiger partial charge >= 0.3 is 0 Å². The van der Waals surface area contributed by atoms with Gasteiger partial charge < -0.3 is 5.73 Å². The quantitative estimate of drug-likeness (QED) is 0.424. The van der Waals surface area contributed by atoms with Crippen molar-refractivity contribution in [2.45, 2.75) is 78.2 Å². The van der Waals surface area contributed by atoms with Gasteiger partial charge in [-0.1, -0.05) is 71.4 Å². The molecule has 0 aliphatic rings. The third-order valence-corrected chi connectivity index (χ3v) is 2.89. The zero-order valence-corrected chi connectivity index (χ0v) is 11.5. The number of hydrogen-bond donors (Lipinski definition) is 1. The molecule has 0 unspecified atom stereocenters. The van der Waals surface area contributed by atoms with Crippen LogP contribution in [0.3, 0.4) is 0 Å². The van der Waals surface area contributed by atoms with Gasteiger partial charge in [0.05, 0.1) is 0 Å². The summed E-state index contributed by atoms with van der Waals surface area (Å²) in [6, 6.07) is 0.376. The topological polar surface area (TPSA) is 26.0 Å². The Hall–Kier alpha value is -0.300. The number of nitrogens with two attached hydrogens (primary N) is 1. The lowest BCUT2D eigenvalue weighted by Gasteiger charge is -2.08. The molecule has 0 aromatic carbocycles. The van der Waals surface area contributed by atoms with Crippen molar-refractivity contribution in [1.82, 2.24) is 0 Å². The van der Waals surface area contributed by atoms with Gasteiger partial charge in [-0.25, -0.2) is 0 Å². The third-order valence-electron chi connectivity index (χ3n) is 2.89. The Balaban J connectivity index is 3.27. The highest BCUT2D eigenvalue weighted by atomic mass is 14.6. The molecule has 0 aliphatic heterocycles. The van der Waals surface area contributed by atoms with Gasteiger partial charge in [-0.05, 0) is 18.8 Å². The van der Waals surface area contributed by atoms with Crippen LogP contribution in [0.2, 0.25) is 0 Å². The maximum absolute atomic E-state index is 6.05. The molecule has 0 aliphatic carbocycles. The normalized spacial score (nSPS) is 13.8. The predicted molar refractivity (Wildman–Crippen MR) is 74.6 cm³/mol. The van der Waals surface area contributed by atoms with Crippen molar-refractivity contribution in [2.75, 3.05) is 0 Å². The van der Waals surface area contributed by atoms with Gasteiger partial charge in [0.25, 0.3) is 0 Å². The molecule has 0 bridgehead atoms. The van der Waals surface area contributed by atoms with Crippen LogP contribution in [0.25, 0.3) is 0 Å². The molecule has 0 rings (SSSR count). The molecule has 0 radical (unpaired) electrons. The highest BCUT2D eigenvalue weighted by Gasteiger charge is 1.99. The van der Waals surface area contributed by atoms with Gasteiger partial charge in [0.15, 0.2) is 0 Å². The van der Waals surface area contributed by atoms with Crippen molar-refractivity contribution in [3.05, 3.63) is 12.2 Å². The summed E-state index contributed by atoms with van der Waals surface area (Å²) in [6.07, 6.45) is 14.9. The molecule has 0 aromatic heterocycles. The fraction of sp³-hybridized carbons (Fsp3) is 0.867. The first-order valence-electron chi connectivity index (χ1n) is 7.09. The smallest absolute Gasteiger partial charge is 0.00734 e. The molecule has 2 N–H and O–H groups in total. The van der Waals surface area contributed by atoms with Crippen molar-refractivity contribution >= 4 is 0 Å². The molecular weight excluding hydrogens is 194 g/mol. The van der Waals surface area contributed by atoms with Crippen LogP contribution in [0.15, 0.2) is 12.2 Å². The second kappa shape index (κ2) is 11.2. The summed E-state index contributed by atoms with van der Waals surface area (Å²) in [7, 11) is 0. The first-order chi connectivity index (χ1) is 7.66. The minimum atomic E-state index is 0.376. The van der Waals surface area contributed by atoms with Gasteiger partial charge in [-0.2, -0.15) is 0 Å². The lowest BCUT2D eigenvalue weighted by Crippen LogP contribution is -2.18. The zero-order chi connectivity index (χ0) is 12.2. The molecule has 0 aromatic rings. The van der Waals surface area contributed by atoms with Crippen LogP contribution in [0.5, 0.6) is 0 Å². The van der Waals surface area contributed by atoms with Crippen LogP contribution in [-0.2, 0) is 0 Å². The number of hydrogen-bond acceptors (Lipinski definition) is 1. The van der Waals surface area contributed by atoms with Crippen LogP contribution in [0.1, 0.15) is 72.1 Å². The van der Waals surface area contributed by atoms with Gasteiger partial charge in [-0.3, -0.25) is 0 Å². The minimum absolute atomic E-state index is 0.376. The van der Waals surface area contributed by atoms with Crippen LogP contribution in [0.4, 0.5) is 0 Å². The zero-order valence-electron chi connectivity index (χ0n) is 11.5. The van der Waals surface area contributed by atoms with Crippen LogP contribution in [-0.4, -0.2) is 6.04 Å². The van der Waals surface area contributed by atoms with Gasteiger partial charge in [0.2, 0.25) is 0 Å². The highest BCUT2D eigenvalue weighted by molar-refractivity contribution is 4.87. The fourth-order valence-corrected chi connectivity index (χ4v) is 1.83. The summed E-state index contributed by atoms with van der Waals surface area (Å²) in [6.45, 7) is 6.67. The highest BCUT2D eigenvalue weighted by Crippen LogP contribution is 2.09. The molecule has 96 valence electrons. The Bertz CT molecular complexity index is 161. The predicted octanol–water partition coefficient (Wildman–Crippen LogP) is 4.67. The summed E-state index contributed by atoms with van der Waals surface area (Å²) in [4.78, 5) is 0.